The van der Waals surface area contributed by atoms with Gasteiger partial charge in [-0.2, -0.15) is 0 Å². The normalized spacial score (nSPS) is 41.1. The van der Waals surface area contributed by atoms with Crippen molar-refractivity contribution in [2.75, 3.05) is 0 Å². The predicted molar refractivity (Wildman–Crippen MR) is 74.1 cm³/mol. The second kappa shape index (κ2) is 5.60. The smallest absolute Gasteiger partial charge is 0.226 e. The van der Waals surface area contributed by atoms with Gasteiger partial charge in [0, 0.05) is 24.0 Å². The summed E-state index contributed by atoms with van der Waals surface area (Å²) in [4.78, 5) is 14.9. The SMILES string of the molecule is CCC1CCC(C)N1C(=O)C1CCC(C)C(N)C1. The highest BCUT2D eigenvalue weighted by atomic mass is 16.2. The van der Waals surface area contributed by atoms with Crippen molar-refractivity contribution in [1.82, 2.24) is 4.90 Å². The van der Waals surface area contributed by atoms with E-state index in [9.17, 15) is 4.79 Å². The molecule has 2 rings (SSSR count). The van der Waals surface area contributed by atoms with Crippen molar-refractivity contribution in [3.05, 3.63) is 0 Å². The lowest BCUT2D eigenvalue weighted by molar-refractivity contribution is -0.139. The van der Waals surface area contributed by atoms with E-state index in [0.717, 1.165) is 25.7 Å². The molecule has 104 valence electrons. The van der Waals surface area contributed by atoms with E-state index in [4.69, 9.17) is 5.73 Å². The summed E-state index contributed by atoms with van der Waals surface area (Å²) in [7, 11) is 0. The lowest BCUT2D eigenvalue weighted by atomic mass is 9.79. The van der Waals surface area contributed by atoms with Crippen LogP contribution in [0.25, 0.3) is 0 Å². The maximum atomic E-state index is 12.7. The number of carbonyl (C=O) groups is 1. The molecule has 3 nitrogen and oxygen atoms in total. The first-order chi connectivity index (χ1) is 8.54. The molecule has 3 heteroatoms. The molecule has 18 heavy (non-hydrogen) atoms. The van der Waals surface area contributed by atoms with Crippen LogP contribution in [-0.4, -0.2) is 28.9 Å². The number of hydrogen-bond acceptors (Lipinski definition) is 2. The van der Waals surface area contributed by atoms with Crippen LogP contribution in [0.1, 0.15) is 59.3 Å². The summed E-state index contributed by atoms with van der Waals surface area (Å²) in [5.41, 5.74) is 6.14. The number of amides is 1. The minimum absolute atomic E-state index is 0.186. The molecule has 1 heterocycles. The van der Waals surface area contributed by atoms with Crippen LogP contribution in [0.2, 0.25) is 0 Å². The quantitative estimate of drug-likeness (QED) is 0.821. The third-order valence-corrected chi connectivity index (χ3v) is 5.12. The molecule has 0 bridgehead atoms. The van der Waals surface area contributed by atoms with Gasteiger partial charge in [-0.3, -0.25) is 4.79 Å². The van der Waals surface area contributed by atoms with E-state index >= 15 is 0 Å². The van der Waals surface area contributed by atoms with Gasteiger partial charge in [0.1, 0.15) is 0 Å². The maximum Gasteiger partial charge on any atom is 0.226 e. The summed E-state index contributed by atoms with van der Waals surface area (Å²) in [5, 5.41) is 0. The average molecular weight is 252 g/mol. The van der Waals surface area contributed by atoms with Crippen molar-refractivity contribution in [2.24, 2.45) is 17.6 Å². The van der Waals surface area contributed by atoms with Crippen LogP contribution < -0.4 is 5.73 Å². The highest BCUT2D eigenvalue weighted by Crippen LogP contribution is 2.33. The van der Waals surface area contributed by atoms with Gasteiger partial charge in [0.15, 0.2) is 0 Å². The molecule has 2 fully saturated rings. The van der Waals surface area contributed by atoms with Crippen LogP contribution >= 0.6 is 0 Å². The molecular weight excluding hydrogens is 224 g/mol. The van der Waals surface area contributed by atoms with Crippen molar-refractivity contribution in [1.29, 1.82) is 0 Å². The molecule has 0 radical (unpaired) electrons. The molecule has 1 amide bonds. The van der Waals surface area contributed by atoms with Crippen LogP contribution in [0.4, 0.5) is 0 Å². The van der Waals surface area contributed by atoms with E-state index in [1.165, 1.54) is 12.8 Å². The van der Waals surface area contributed by atoms with Crippen LogP contribution in [0.5, 0.6) is 0 Å². The average Bonchev–Trinajstić information content (AvgIpc) is 2.73. The molecule has 0 aromatic carbocycles. The van der Waals surface area contributed by atoms with Gasteiger partial charge < -0.3 is 10.6 Å². The first-order valence-corrected chi connectivity index (χ1v) is 7.62. The Bertz CT molecular complexity index is 305. The van der Waals surface area contributed by atoms with E-state index in [-0.39, 0.29) is 12.0 Å². The van der Waals surface area contributed by atoms with Gasteiger partial charge in [0.2, 0.25) is 5.91 Å². The molecule has 1 aliphatic heterocycles. The first kappa shape index (κ1) is 13.9. The fourth-order valence-electron chi connectivity index (χ4n) is 3.66. The Morgan fingerprint density at radius 2 is 1.94 bits per heavy atom. The minimum atomic E-state index is 0.186. The fourth-order valence-corrected chi connectivity index (χ4v) is 3.66. The maximum absolute atomic E-state index is 12.7. The monoisotopic (exact) mass is 252 g/mol. The van der Waals surface area contributed by atoms with Gasteiger partial charge >= 0.3 is 0 Å². The third-order valence-electron chi connectivity index (χ3n) is 5.12. The third kappa shape index (κ3) is 2.56. The number of nitrogens with two attached hydrogens (primary N) is 1. The largest absolute Gasteiger partial charge is 0.337 e. The van der Waals surface area contributed by atoms with Crippen LogP contribution in [0.3, 0.4) is 0 Å². The minimum Gasteiger partial charge on any atom is -0.337 e. The van der Waals surface area contributed by atoms with Gasteiger partial charge in [-0.25, -0.2) is 0 Å². The molecule has 2 N–H and O–H groups in total. The standard InChI is InChI=1S/C15H28N2O/c1-4-13-8-6-11(3)17(13)15(18)12-7-5-10(2)14(16)9-12/h10-14H,4-9,16H2,1-3H3. The highest BCUT2D eigenvalue weighted by molar-refractivity contribution is 5.80. The highest BCUT2D eigenvalue weighted by Gasteiger charge is 2.38. The molecule has 1 aliphatic carbocycles. The zero-order valence-corrected chi connectivity index (χ0v) is 12.1. The topological polar surface area (TPSA) is 46.3 Å². The van der Waals surface area contributed by atoms with Crippen molar-refractivity contribution in [3.8, 4) is 0 Å². The van der Waals surface area contributed by atoms with E-state index in [0.29, 0.717) is 23.9 Å². The summed E-state index contributed by atoms with van der Waals surface area (Å²) in [5.74, 6) is 1.15. The summed E-state index contributed by atoms with van der Waals surface area (Å²) in [6.45, 7) is 6.59. The molecule has 1 saturated carbocycles. The number of rotatable bonds is 2. The first-order valence-electron chi connectivity index (χ1n) is 7.62. The molecular formula is C15H28N2O. The lowest BCUT2D eigenvalue weighted by Crippen LogP contribution is -2.47. The fraction of sp³-hybridized carbons (Fsp3) is 0.933. The molecule has 0 spiro atoms. The van der Waals surface area contributed by atoms with Crippen molar-refractivity contribution >= 4 is 5.91 Å². The van der Waals surface area contributed by atoms with Crippen LogP contribution in [-0.2, 0) is 4.79 Å². The Balaban J connectivity index is 2.02. The van der Waals surface area contributed by atoms with Gasteiger partial charge in [-0.05, 0) is 51.4 Å². The number of likely N-dealkylation sites (tertiary alicyclic amines) is 1. The molecule has 1 saturated heterocycles. The summed E-state index contributed by atoms with van der Waals surface area (Å²) < 4.78 is 0. The molecule has 0 aromatic rings. The molecule has 0 aromatic heterocycles. The Morgan fingerprint density at radius 3 is 2.56 bits per heavy atom. The van der Waals surface area contributed by atoms with Gasteiger partial charge in [0.05, 0.1) is 0 Å². The number of nitrogens with zero attached hydrogens (tertiary/aromatic N) is 1. The number of carbonyl (C=O) groups excluding carboxylic acids is 1. The van der Waals surface area contributed by atoms with Crippen molar-refractivity contribution in [2.45, 2.75) is 77.4 Å². The lowest BCUT2D eigenvalue weighted by Gasteiger charge is -2.36. The molecule has 2 aliphatic rings. The van der Waals surface area contributed by atoms with Crippen molar-refractivity contribution < 1.29 is 4.79 Å². The zero-order valence-electron chi connectivity index (χ0n) is 12.1. The summed E-state index contributed by atoms with van der Waals surface area (Å²) >= 11 is 0. The van der Waals surface area contributed by atoms with Crippen LogP contribution in [0.15, 0.2) is 0 Å². The molecule has 5 unspecified atom stereocenters. The Labute approximate surface area is 111 Å². The summed E-state index contributed by atoms with van der Waals surface area (Å²) in [6, 6.07) is 1.12. The second-order valence-electron chi connectivity index (χ2n) is 6.39. The van der Waals surface area contributed by atoms with Gasteiger partial charge in [0.25, 0.3) is 0 Å². The Hall–Kier alpha value is -0.570. The predicted octanol–water partition coefficient (Wildman–Crippen LogP) is 2.54. The van der Waals surface area contributed by atoms with Crippen LogP contribution in [0, 0.1) is 11.8 Å². The van der Waals surface area contributed by atoms with E-state index < -0.39 is 0 Å². The van der Waals surface area contributed by atoms with Gasteiger partial charge in [-0.15, -0.1) is 0 Å². The summed E-state index contributed by atoms with van der Waals surface area (Å²) in [6.07, 6.45) is 6.47. The number of hydrogen-bond donors (Lipinski definition) is 1. The van der Waals surface area contributed by atoms with Gasteiger partial charge in [-0.1, -0.05) is 13.8 Å². The Kier molecular flexibility index (Phi) is 4.31. The zero-order chi connectivity index (χ0) is 13.3. The second-order valence-corrected chi connectivity index (χ2v) is 6.39. The van der Waals surface area contributed by atoms with E-state index in [1.807, 2.05) is 0 Å². The molecule has 5 atom stereocenters. The van der Waals surface area contributed by atoms with E-state index in [1.54, 1.807) is 0 Å². The van der Waals surface area contributed by atoms with Crippen molar-refractivity contribution in [3.63, 3.8) is 0 Å². The Morgan fingerprint density at radius 1 is 1.22 bits per heavy atom. The van der Waals surface area contributed by atoms with E-state index in [2.05, 4.69) is 25.7 Å².